The summed E-state index contributed by atoms with van der Waals surface area (Å²) in [5, 5.41) is 5.76. The Balaban J connectivity index is 1.79. The average molecular weight is 298 g/mol. The van der Waals surface area contributed by atoms with E-state index in [1.807, 2.05) is 31.2 Å². The molecule has 0 radical (unpaired) electrons. The molecule has 4 heteroatoms. The number of rotatable bonds is 5. The maximum absolute atomic E-state index is 14.7. The normalized spacial score (nSPS) is 13.9. The summed E-state index contributed by atoms with van der Waals surface area (Å²) in [6, 6.07) is 13.2. The average Bonchev–Trinajstić information content (AvgIpc) is 3.33. The summed E-state index contributed by atoms with van der Waals surface area (Å²) in [6.45, 7) is 2.16. The van der Waals surface area contributed by atoms with E-state index >= 15 is 0 Å². The lowest BCUT2D eigenvalue weighted by atomic mass is 9.99. The van der Waals surface area contributed by atoms with Crippen LogP contribution in [0.3, 0.4) is 0 Å². The van der Waals surface area contributed by atoms with Crippen molar-refractivity contribution in [2.45, 2.75) is 25.8 Å². The Labute approximate surface area is 129 Å². The van der Waals surface area contributed by atoms with Crippen molar-refractivity contribution in [3.63, 3.8) is 0 Å². The summed E-state index contributed by atoms with van der Waals surface area (Å²) >= 11 is 0. The Bertz CT molecular complexity index is 695. The van der Waals surface area contributed by atoms with Crippen molar-refractivity contribution in [2.24, 2.45) is 0 Å². The van der Waals surface area contributed by atoms with Gasteiger partial charge in [0.2, 0.25) is 5.91 Å². The predicted octanol–water partition coefficient (Wildman–Crippen LogP) is 3.49. The van der Waals surface area contributed by atoms with Gasteiger partial charge in [0.25, 0.3) is 0 Å². The third-order valence-electron chi connectivity index (χ3n) is 3.84. The summed E-state index contributed by atoms with van der Waals surface area (Å²) < 4.78 is 14.7. The minimum Gasteiger partial charge on any atom is -0.322 e. The first-order valence-corrected chi connectivity index (χ1v) is 7.53. The number of amides is 1. The van der Waals surface area contributed by atoms with Crippen LogP contribution in [-0.4, -0.2) is 18.5 Å². The Morgan fingerprint density at radius 3 is 2.59 bits per heavy atom. The van der Waals surface area contributed by atoms with Crippen molar-refractivity contribution in [1.29, 1.82) is 0 Å². The first kappa shape index (κ1) is 14.7. The number of anilines is 1. The molecule has 1 aliphatic rings. The van der Waals surface area contributed by atoms with Gasteiger partial charge in [0.1, 0.15) is 0 Å². The fourth-order valence-electron chi connectivity index (χ4n) is 2.43. The van der Waals surface area contributed by atoms with Crippen LogP contribution in [0.2, 0.25) is 0 Å². The van der Waals surface area contributed by atoms with E-state index < -0.39 is 5.82 Å². The van der Waals surface area contributed by atoms with Gasteiger partial charge >= 0.3 is 0 Å². The fourth-order valence-corrected chi connectivity index (χ4v) is 2.43. The topological polar surface area (TPSA) is 41.1 Å². The molecule has 22 heavy (non-hydrogen) atoms. The molecule has 1 saturated carbocycles. The minimum absolute atomic E-state index is 0.215. The molecule has 1 amide bonds. The van der Waals surface area contributed by atoms with Crippen molar-refractivity contribution in [1.82, 2.24) is 5.32 Å². The molecule has 0 aliphatic heterocycles. The van der Waals surface area contributed by atoms with Gasteiger partial charge in [-0.05, 0) is 37.0 Å². The van der Waals surface area contributed by atoms with E-state index in [0.29, 0.717) is 11.6 Å². The van der Waals surface area contributed by atoms with Gasteiger partial charge in [-0.15, -0.1) is 0 Å². The van der Waals surface area contributed by atoms with Gasteiger partial charge in [-0.1, -0.05) is 36.4 Å². The standard InChI is InChI=1S/C18H19FN2O/c1-12-5-2-3-6-14(12)15-7-4-8-16(18(15)19)21-17(22)11-20-13-9-10-13/h2-8,13,20H,9-11H2,1H3,(H,21,22). The zero-order valence-corrected chi connectivity index (χ0v) is 12.5. The van der Waals surface area contributed by atoms with Crippen molar-refractivity contribution >= 4 is 11.6 Å². The van der Waals surface area contributed by atoms with Gasteiger partial charge in [-0.25, -0.2) is 4.39 Å². The monoisotopic (exact) mass is 298 g/mol. The van der Waals surface area contributed by atoms with E-state index in [1.54, 1.807) is 18.2 Å². The van der Waals surface area contributed by atoms with Gasteiger partial charge in [0.15, 0.2) is 5.82 Å². The van der Waals surface area contributed by atoms with Crippen LogP contribution in [0.25, 0.3) is 11.1 Å². The van der Waals surface area contributed by atoms with Crippen molar-refractivity contribution in [2.75, 3.05) is 11.9 Å². The summed E-state index contributed by atoms with van der Waals surface area (Å²) in [6.07, 6.45) is 2.23. The highest BCUT2D eigenvalue weighted by molar-refractivity contribution is 5.93. The van der Waals surface area contributed by atoms with E-state index in [1.165, 1.54) is 0 Å². The molecule has 0 unspecified atom stereocenters. The second-order valence-electron chi connectivity index (χ2n) is 5.69. The van der Waals surface area contributed by atoms with Gasteiger partial charge < -0.3 is 10.6 Å². The van der Waals surface area contributed by atoms with Crippen molar-refractivity contribution in [3.05, 3.63) is 53.8 Å². The third-order valence-corrected chi connectivity index (χ3v) is 3.84. The number of benzene rings is 2. The first-order chi connectivity index (χ1) is 10.6. The summed E-state index contributed by atoms with van der Waals surface area (Å²) in [5.41, 5.74) is 2.57. The molecule has 1 aliphatic carbocycles. The Morgan fingerprint density at radius 1 is 1.14 bits per heavy atom. The lowest BCUT2D eigenvalue weighted by Crippen LogP contribution is -2.29. The number of hydrogen-bond acceptors (Lipinski definition) is 2. The third kappa shape index (κ3) is 3.34. The van der Waals surface area contributed by atoms with E-state index in [2.05, 4.69) is 10.6 Å². The van der Waals surface area contributed by atoms with Gasteiger partial charge in [-0.3, -0.25) is 4.79 Å². The summed E-state index contributed by atoms with van der Waals surface area (Å²) in [7, 11) is 0. The molecule has 3 nitrogen and oxygen atoms in total. The highest BCUT2D eigenvalue weighted by Gasteiger charge is 2.21. The first-order valence-electron chi connectivity index (χ1n) is 7.53. The van der Waals surface area contributed by atoms with E-state index in [-0.39, 0.29) is 18.1 Å². The number of halogens is 1. The summed E-state index contributed by atoms with van der Waals surface area (Å²) in [5.74, 6) is -0.607. The zero-order valence-electron chi connectivity index (χ0n) is 12.5. The van der Waals surface area contributed by atoms with Crippen LogP contribution in [0, 0.1) is 12.7 Å². The van der Waals surface area contributed by atoms with E-state index in [9.17, 15) is 9.18 Å². The Hall–Kier alpha value is -2.20. The molecule has 0 saturated heterocycles. The SMILES string of the molecule is Cc1ccccc1-c1cccc(NC(=O)CNC2CC2)c1F. The van der Waals surface area contributed by atoms with E-state index in [0.717, 1.165) is 24.0 Å². The number of carbonyl (C=O) groups excluding carboxylic acids is 1. The molecule has 0 bridgehead atoms. The van der Waals surface area contributed by atoms with Crippen molar-refractivity contribution in [3.8, 4) is 11.1 Å². The second kappa shape index (κ2) is 6.28. The van der Waals surface area contributed by atoms with Crippen LogP contribution in [0.1, 0.15) is 18.4 Å². The maximum atomic E-state index is 14.7. The Morgan fingerprint density at radius 2 is 1.86 bits per heavy atom. The van der Waals surface area contributed by atoms with Crippen LogP contribution in [0.4, 0.5) is 10.1 Å². The molecule has 3 rings (SSSR count). The zero-order chi connectivity index (χ0) is 15.5. The minimum atomic E-state index is -0.392. The fraction of sp³-hybridized carbons (Fsp3) is 0.278. The molecule has 0 heterocycles. The number of aryl methyl sites for hydroxylation is 1. The molecule has 2 N–H and O–H groups in total. The van der Waals surface area contributed by atoms with Crippen LogP contribution >= 0.6 is 0 Å². The lowest BCUT2D eigenvalue weighted by molar-refractivity contribution is -0.115. The highest BCUT2D eigenvalue weighted by atomic mass is 19.1. The quantitative estimate of drug-likeness (QED) is 0.887. The molecule has 1 fully saturated rings. The number of carbonyl (C=O) groups is 1. The second-order valence-corrected chi connectivity index (χ2v) is 5.69. The predicted molar refractivity (Wildman–Crippen MR) is 86.2 cm³/mol. The summed E-state index contributed by atoms with van der Waals surface area (Å²) in [4.78, 5) is 11.9. The molecule has 2 aromatic rings. The van der Waals surface area contributed by atoms with Gasteiger partial charge in [0, 0.05) is 11.6 Å². The molecule has 2 aromatic carbocycles. The molecule has 0 aromatic heterocycles. The number of nitrogens with one attached hydrogen (secondary N) is 2. The lowest BCUT2D eigenvalue weighted by Gasteiger charge is -2.12. The van der Waals surface area contributed by atoms with E-state index in [4.69, 9.17) is 0 Å². The van der Waals surface area contributed by atoms with Crippen LogP contribution in [0.15, 0.2) is 42.5 Å². The molecular formula is C18H19FN2O. The smallest absolute Gasteiger partial charge is 0.238 e. The Kier molecular flexibility index (Phi) is 4.20. The highest BCUT2D eigenvalue weighted by Crippen LogP contribution is 2.29. The van der Waals surface area contributed by atoms with Gasteiger partial charge in [-0.2, -0.15) is 0 Å². The molecule has 0 spiro atoms. The molecule has 114 valence electrons. The largest absolute Gasteiger partial charge is 0.322 e. The van der Waals surface area contributed by atoms with Crippen LogP contribution < -0.4 is 10.6 Å². The van der Waals surface area contributed by atoms with Crippen LogP contribution in [-0.2, 0) is 4.79 Å². The van der Waals surface area contributed by atoms with Crippen LogP contribution in [0.5, 0.6) is 0 Å². The number of hydrogen-bond donors (Lipinski definition) is 2. The maximum Gasteiger partial charge on any atom is 0.238 e. The van der Waals surface area contributed by atoms with Crippen molar-refractivity contribution < 1.29 is 9.18 Å². The van der Waals surface area contributed by atoms with Gasteiger partial charge in [0.05, 0.1) is 12.2 Å². The molecular weight excluding hydrogens is 279 g/mol. The molecule has 0 atom stereocenters.